The Bertz CT molecular complexity index is 807. The summed E-state index contributed by atoms with van der Waals surface area (Å²) in [6, 6.07) is 10.3. The predicted octanol–water partition coefficient (Wildman–Crippen LogP) is 3.34. The van der Waals surface area contributed by atoms with Gasteiger partial charge in [-0.25, -0.2) is 4.98 Å². The number of pyridine rings is 1. The number of nitrogens with one attached hydrogen (secondary N) is 1. The molecule has 0 spiro atoms. The van der Waals surface area contributed by atoms with Crippen LogP contribution in [0.15, 0.2) is 35.4 Å². The van der Waals surface area contributed by atoms with Crippen molar-refractivity contribution in [3.8, 4) is 0 Å². The lowest BCUT2D eigenvalue weighted by molar-refractivity contribution is -0.118. The van der Waals surface area contributed by atoms with Gasteiger partial charge in [0.05, 0.1) is 11.3 Å². The lowest BCUT2D eigenvalue weighted by atomic mass is 10.0. The van der Waals surface area contributed by atoms with E-state index < -0.39 is 5.91 Å². The van der Waals surface area contributed by atoms with Gasteiger partial charge >= 0.3 is 0 Å². The fraction of sp³-hybridized carbons (Fsp3) is 0.381. The standard InChI is InChI=1S/C21H27N3O2S/c1-14-15(2)19(20(22)26)21(24-16(14)3)27-13-18(25)23-12-8-7-11-17-9-5-4-6-10-17/h4-6,9-10H,7-8,11-13H2,1-3H3,(H2,22,26)(H,23,25). The normalized spacial score (nSPS) is 10.6. The highest BCUT2D eigenvalue weighted by Gasteiger charge is 2.18. The molecule has 0 aliphatic heterocycles. The fourth-order valence-corrected chi connectivity index (χ4v) is 3.79. The van der Waals surface area contributed by atoms with E-state index in [0.29, 0.717) is 17.1 Å². The first-order valence-electron chi connectivity index (χ1n) is 9.11. The van der Waals surface area contributed by atoms with Crippen molar-refractivity contribution >= 4 is 23.6 Å². The van der Waals surface area contributed by atoms with E-state index in [4.69, 9.17) is 5.73 Å². The molecule has 0 atom stereocenters. The van der Waals surface area contributed by atoms with Crippen molar-refractivity contribution in [3.63, 3.8) is 0 Å². The fourth-order valence-electron chi connectivity index (χ4n) is 2.82. The topological polar surface area (TPSA) is 85.1 Å². The van der Waals surface area contributed by atoms with Crippen molar-refractivity contribution in [1.82, 2.24) is 10.3 Å². The smallest absolute Gasteiger partial charge is 0.251 e. The maximum absolute atomic E-state index is 12.1. The second-order valence-corrected chi connectivity index (χ2v) is 7.54. The molecular formula is C21H27N3O2S. The number of aromatic nitrogens is 1. The van der Waals surface area contributed by atoms with Crippen molar-refractivity contribution in [3.05, 3.63) is 58.3 Å². The summed E-state index contributed by atoms with van der Waals surface area (Å²) in [6.07, 6.45) is 2.97. The Kier molecular flexibility index (Phi) is 7.85. The van der Waals surface area contributed by atoms with Crippen LogP contribution in [0.1, 0.15) is 45.6 Å². The van der Waals surface area contributed by atoms with E-state index in [1.165, 1.54) is 17.3 Å². The van der Waals surface area contributed by atoms with Crippen LogP contribution in [0.25, 0.3) is 0 Å². The number of rotatable bonds is 9. The van der Waals surface area contributed by atoms with Gasteiger partial charge in [-0.1, -0.05) is 42.1 Å². The van der Waals surface area contributed by atoms with E-state index in [-0.39, 0.29) is 11.7 Å². The molecule has 0 saturated carbocycles. The number of thioether (sulfide) groups is 1. The molecule has 5 nitrogen and oxygen atoms in total. The monoisotopic (exact) mass is 385 g/mol. The van der Waals surface area contributed by atoms with Crippen molar-refractivity contribution in [1.29, 1.82) is 0 Å². The van der Waals surface area contributed by atoms with Crippen molar-refractivity contribution in [2.45, 2.75) is 45.1 Å². The van der Waals surface area contributed by atoms with Crippen LogP contribution >= 0.6 is 11.8 Å². The molecule has 2 amide bonds. The number of benzene rings is 1. The third-order valence-electron chi connectivity index (χ3n) is 4.61. The van der Waals surface area contributed by atoms with E-state index in [2.05, 4.69) is 22.4 Å². The number of nitrogens with two attached hydrogens (primary N) is 1. The number of amides is 2. The number of carbonyl (C=O) groups excluding carboxylic acids is 2. The van der Waals surface area contributed by atoms with Gasteiger partial charge in [-0.05, 0) is 56.7 Å². The van der Waals surface area contributed by atoms with E-state index in [0.717, 1.165) is 36.1 Å². The highest BCUT2D eigenvalue weighted by Crippen LogP contribution is 2.26. The molecule has 0 fully saturated rings. The van der Waals surface area contributed by atoms with Crippen molar-refractivity contribution < 1.29 is 9.59 Å². The van der Waals surface area contributed by atoms with E-state index >= 15 is 0 Å². The van der Waals surface area contributed by atoms with Gasteiger partial charge in [-0.15, -0.1) is 0 Å². The number of unbranched alkanes of at least 4 members (excludes halogenated alkanes) is 1. The Hall–Kier alpha value is -2.34. The summed E-state index contributed by atoms with van der Waals surface area (Å²) in [5.74, 6) is -0.354. The third kappa shape index (κ3) is 6.10. The summed E-state index contributed by atoms with van der Waals surface area (Å²) in [7, 11) is 0. The van der Waals surface area contributed by atoms with Crippen LogP contribution in [-0.4, -0.2) is 29.1 Å². The number of carbonyl (C=O) groups is 2. The number of hydrogen-bond donors (Lipinski definition) is 2. The number of nitrogens with zero attached hydrogens (tertiary/aromatic N) is 1. The molecule has 0 bridgehead atoms. The third-order valence-corrected chi connectivity index (χ3v) is 5.58. The second-order valence-electron chi connectivity index (χ2n) is 6.57. The van der Waals surface area contributed by atoms with Crippen LogP contribution in [0.2, 0.25) is 0 Å². The molecule has 2 rings (SSSR count). The number of aryl methyl sites for hydroxylation is 2. The molecule has 1 aromatic carbocycles. The van der Waals surface area contributed by atoms with Crippen molar-refractivity contribution in [2.75, 3.05) is 12.3 Å². The first kappa shape index (κ1) is 21.0. The molecule has 0 unspecified atom stereocenters. The first-order valence-corrected chi connectivity index (χ1v) is 10.1. The SMILES string of the molecule is Cc1nc(SCC(=O)NCCCCc2ccccc2)c(C(N)=O)c(C)c1C. The molecule has 144 valence electrons. The Balaban J connectivity index is 1.79. The summed E-state index contributed by atoms with van der Waals surface area (Å²) in [5.41, 5.74) is 9.87. The Morgan fingerprint density at radius 1 is 1.07 bits per heavy atom. The Morgan fingerprint density at radius 2 is 1.78 bits per heavy atom. The van der Waals surface area contributed by atoms with E-state index in [9.17, 15) is 9.59 Å². The highest BCUT2D eigenvalue weighted by atomic mass is 32.2. The molecule has 0 aliphatic carbocycles. The average Bonchev–Trinajstić information content (AvgIpc) is 2.64. The molecule has 6 heteroatoms. The maximum atomic E-state index is 12.1. The Morgan fingerprint density at radius 3 is 2.44 bits per heavy atom. The van der Waals surface area contributed by atoms with Gasteiger partial charge in [0.2, 0.25) is 5.91 Å². The van der Waals surface area contributed by atoms with Gasteiger partial charge in [0.25, 0.3) is 5.91 Å². The van der Waals surface area contributed by atoms with E-state index in [1.54, 1.807) is 0 Å². The summed E-state index contributed by atoms with van der Waals surface area (Å²) >= 11 is 1.26. The van der Waals surface area contributed by atoms with Gasteiger partial charge in [0.1, 0.15) is 5.03 Å². The number of hydrogen-bond acceptors (Lipinski definition) is 4. The molecule has 0 radical (unpaired) electrons. The van der Waals surface area contributed by atoms with Gasteiger partial charge in [0, 0.05) is 12.2 Å². The molecule has 0 saturated heterocycles. The molecule has 2 aromatic rings. The molecule has 1 heterocycles. The predicted molar refractivity (Wildman–Crippen MR) is 110 cm³/mol. The van der Waals surface area contributed by atoms with Gasteiger partial charge in [0.15, 0.2) is 0 Å². The van der Waals surface area contributed by atoms with Gasteiger partial charge in [-0.2, -0.15) is 0 Å². The highest BCUT2D eigenvalue weighted by molar-refractivity contribution is 8.00. The zero-order valence-electron chi connectivity index (χ0n) is 16.2. The van der Waals surface area contributed by atoms with Crippen LogP contribution in [0.4, 0.5) is 0 Å². The lowest BCUT2D eigenvalue weighted by Gasteiger charge is -2.13. The summed E-state index contributed by atoms with van der Waals surface area (Å²) < 4.78 is 0. The van der Waals surface area contributed by atoms with Crippen LogP contribution in [0.5, 0.6) is 0 Å². The van der Waals surface area contributed by atoms with Crippen LogP contribution < -0.4 is 11.1 Å². The lowest BCUT2D eigenvalue weighted by Crippen LogP contribution is -2.26. The van der Waals surface area contributed by atoms with Crippen molar-refractivity contribution in [2.24, 2.45) is 5.73 Å². The minimum Gasteiger partial charge on any atom is -0.366 e. The molecule has 1 aromatic heterocycles. The summed E-state index contributed by atoms with van der Waals surface area (Å²) in [6.45, 7) is 6.32. The Labute approximate surface area is 165 Å². The van der Waals surface area contributed by atoms with Crippen LogP contribution in [0, 0.1) is 20.8 Å². The van der Waals surface area contributed by atoms with Crippen LogP contribution in [-0.2, 0) is 11.2 Å². The molecule has 27 heavy (non-hydrogen) atoms. The van der Waals surface area contributed by atoms with Gasteiger partial charge < -0.3 is 11.1 Å². The maximum Gasteiger partial charge on any atom is 0.251 e. The average molecular weight is 386 g/mol. The molecule has 3 N–H and O–H groups in total. The summed E-state index contributed by atoms with van der Waals surface area (Å²) in [5, 5.41) is 3.45. The minimum absolute atomic E-state index is 0.0622. The van der Waals surface area contributed by atoms with Crippen LogP contribution in [0.3, 0.4) is 0 Å². The zero-order chi connectivity index (χ0) is 19.8. The van der Waals surface area contributed by atoms with E-state index in [1.807, 2.05) is 39.0 Å². The zero-order valence-corrected chi connectivity index (χ0v) is 17.0. The molecular weight excluding hydrogens is 358 g/mol. The summed E-state index contributed by atoms with van der Waals surface area (Å²) in [4.78, 5) is 28.3. The molecule has 0 aliphatic rings. The number of primary amides is 1. The first-order chi connectivity index (χ1) is 12.9. The quantitative estimate of drug-likeness (QED) is 0.512. The largest absolute Gasteiger partial charge is 0.366 e. The van der Waals surface area contributed by atoms with Gasteiger partial charge in [-0.3, -0.25) is 9.59 Å². The second kappa shape index (κ2) is 10.1. The minimum atomic E-state index is -0.507.